The Morgan fingerprint density at radius 3 is 2.27 bits per heavy atom. The number of ether oxygens (including phenoxy) is 4. The van der Waals surface area contributed by atoms with Crippen LogP contribution in [-0.2, 0) is 32.1 Å². The number of hydrogen-bond acceptors (Lipinski definition) is 6. The first-order valence-electron chi connectivity index (χ1n) is 9.01. The van der Waals surface area contributed by atoms with Crippen LogP contribution in [0.1, 0.15) is 16.7 Å². The molecule has 0 unspecified atom stereocenters. The van der Waals surface area contributed by atoms with Crippen LogP contribution >= 0.6 is 11.6 Å². The molecule has 0 aromatic heterocycles. The summed E-state index contributed by atoms with van der Waals surface area (Å²) in [5.41, 5.74) is 1.89. The molecule has 0 spiro atoms. The van der Waals surface area contributed by atoms with Crippen LogP contribution in [0.5, 0.6) is 11.5 Å². The molecule has 0 N–H and O–H groups in total. The number of carbonyl (C=O) groups excluding carboxylic acids is 2. The van der Waals surface area contributed by atoms with Crippen molar-refractivity contribution >= 4 is 29.6 Å². The van der Waals surface area contributed by atoms with Gasteiger partial charge in [-0.2, -0.15) is 0 Å². The minimum absolute atomic E-state index is 0.239. The third-order valence-electron chi connectivity index (χ3n) is 4.19. The van der Waals surface area contributed by atoms with E-state index < -0.39 is 11.9 Å². The highest BCUT2D eigenvalue weighted by Gasteiger charge is 2.21. The summed E-state index contributed by atoms with van der Waals surface area (Å²) in [4.78, 5) is 23.9. The van der Waals surface area contributed by atoms with Gasteiger partial charge in [-0.1, -0.05) is 35.9 Å². The van der Waals surface area contributed by atoms with Gasteiger partial charge in [0.1, 0.15) is 12.2 Å². The molecule has 30 heavy (non-hydrogen) atoms. The summed E-state index contributed by atoms with van der Waals surface area (Å²) in [5, 5.41) is 0.599. The zero-order chi connectivity index (χ0) is 22.1. The van der Waals surface area contributed by atoms with Gasteiger partial charge in [-0.05, 0) is 36.3 Å². The molecule has 0 saturated heterocycles. The standard InChI is InChI=1S/C23H23ClO6/c1-5-8-16-11-15(12-18(22(25)28-3)23(26)29-4)13-20(27-2)21(16)30-14-17-9-6-7-10-19(17)24/h5-7,9-13H,1,8,14H2,2-4H3. The lowest BCUT2D eigenvalue weighted by Crippen LogP contribution is -2.15. The van der Waals surface area contributed by atoms with Gasteiger partial charge in [0.05, 0.1) is 21.3 Å². The second kappa shape index (κ2) is 11.1. The molecule has 7 heteroatoms. The Bertz CT molecular complexity index is 946. The number of rotatable bonds is 9. The van der Waals surface area contributed by atoms with Crippen molar-refractivity contribution in [2.24, 2.45) is 0 Å². The van der Waals surface area contributed by atoms with Gasteiger partial charge >= 0.3 is 11.9 Å². The fraction of sp³-hybridized carbons (Fsp3) is 0.217. The predicted octanol–water partition coefficient (Wildman–Crippen LogP) is 4.39. The predicted molar refractivity (Wildman–Crippen MR) is 115 cm³/mol. The first-order chi connectivity index (χ1) is 14.4. The summed E-state index contributed by atoms with van der Waals surface area (Å²) in [6, 6.07) is 10.8. The normalized spacial score (nSPS) is 10.0. The smallest absolute Gasteiger partial charge is 0.345 e. The second-order valence-corrected chi connectivity index (χ2v) is 6.53. The molecule has 2 aromatic carbocycles. The zero-order valence-corrected chi connectivity index (χ0v) is 17.8. The summed E-state index contributed by atoms with van der Waals surface area (Å²) >= 11 is 6.21. The number of benzene rings is 2. The van der Waals surface area contributed by atoms with Crippen molar-refractivity contribution in [3.63, 3.8) is 0 Å². The molecule has 0 fully saturated rings. The van der Waals surface area contributed by atoms with Gasteiger partial charge in [0, 0.05) is 16.1 Å². The van der Waals surface area contributed by atoms with Gasteiger partial charge in [0.15, 0.2) is 11.5 Å². The van der Waals surface area contributed by atoms with E-state index in [1.54, 1.807) is 24.3 Å². The summed E-state index contributed by atoms with van der Waals surface area (Å²) < 4.78 is 20.9. The number of halogens is 1. The van der Waals surface area contributed by atoms with Gasteiger partial charge in [0.2, 0.25) is 0 Å². The summed E-state index contributed by atoms with van der Waals surface area (Å²) in [6.07, 6.45) is 3.57. The lowest BCUT2D eigenvalue weighted by atomic mass is 10.0. The van der Waals surface area contributed by atoms with Crippen molar-refractivity contribution in [3.05, 3.63) is 76.3 Å². The summed E-state index contributed by atoms with van der Waals surface area (Å²) in [7, 11) is 3.88. The Kier molecular flexibility index (Phi) is 8.50. The number of hydrogen-bond donors (Lipinski definition) is 0. The molecule has 6 nitrogen and oxygen atoms in total. The highest BCUT2D eigenvalue weighted by atomic mass is 35.5. The zero-order valence-electron chi connectivity index (χ0n) is 17.1. The number of methoxy groups -OCH3 is 3. The maximum Gasteiger partial charge on any atom is 0.345 e. The Labute approximate surface area is 180 Å². The Morgan fingerprint density at radius 2 is 1.70 bits per heavy atom. The van der Waals surface area contributed by atoms with E-state index in [1.807, 2.05) is 18.2 Å². The monoisotopic (exact) mass is 430 g/mol. The third kappa shape index (κ3) is 5.64. The van der Waals surface area contributed by atoms with Crippen LogP contribution in [0.3, 0.4) is 0 Å². The maximum absolute atomic E-state index is 12.0. The van der Waals surface area contributed by atoms with Gasteiger partial charge < -0.3 is 18.9 Å². The number of carbonyl (C=O) groups is 2. The van der Waals surface area contributed by atoms with Gasteiger partial charge in [0.25, 0.3) is 0 Å². The average molecular weight is 431 g/mol. The van der Waals surface area contributed by atoms with Crippen molar-refractivity contribution in [3.8, 4) is 11.5 Å². The largest absolute Gasteiger partial charge is 0.493 e. The lowest BCUT2D eigenvalue weighted by Gasteiger charge is -2.16. The van der Waals surface area contributed by atoms with Gasteiger partial charge in [-0.3, -0.25) is 0 Å². The van der Waals surface area contributed by atoms with E-state index in [9.17, 15) is 9.59 Å². The fourth-order valence-electron chi connectivity index (χ4n) is 2.74. The van der Waals surface area contributed by atoms with Crippen LogP contribution < -0.4 is 9.47 Å². The van der Waals surface area contributed by atoms with Crippen molar-refractivity contribution < 1.29 is 28.5 Å². The summed E-state index contributed by atoms with van der Waals surface area (Å²) in [5.74, 6) is -0.649. The minimum Gasteiger partial charge on any atom is -0.493 e. The maximum atomic E-state index is 12.0. The Morgan fingerprint density at radius 1 is 1.03 bits per heavy atom. The molecule has 2 aromatic rings. The topological polar surface area (TPSA) is 71.1 Å². The molecule has 0 saturated carbocycles. The van der Waals surface area contributed by atoms with Crippen molar-refractivity contribution in [1.82, 2.24) is 0 Å². The molecule has 158 valence electrons. The molecule has 0 heterocycles. The highest BCUT2D eigenvalue weighted by Crippen LogP contribution is 2.35. The van der Waals surface area contributed by atoms with Crippen molar-refractivity contribution in [2.75, 3.05) is 21.3 Å². The Hall–Kier alpha value is -3.25. The molecular formula is C23H23ClO6. The first kappa shape index (κ1) is 23.0. The van der Waals surface area contributed by atoms with E-state index >= 15 is 0 Å². The van der Waals surface area contributed by atoms with Crippen LogP contribution in [-0.4, -0.2) is 33.3 Å². The second-order valence-electron chi connectivity index (χ2n) is 6.13. The molecular weight excluding hydrogens is 408 g/mol. The van der Waals surface area contributed by atoms with E-state index in [-0.39, 0.29) is 12.2 Å². The fourth-order valence-corrected chi connectivity index (χ4v) is 2.93. The first-order valence-corrected chi connectivity index (χ1v) is 9.39. The number of allylic oxidation sites excluding steroid dienone is 1. The van der Waals surface area contributed by atoms with E-state index in [2.05, 4.69) is 16.1 Å². The van der Waals surface area contributed by atoms with Crippen LogP contribution in [0.2, 0.25) is 5.02 Å². The van der Waals surface area contributed by atoms with Gasteiger partial charge in [-0.25, -0.2) is 9.59 Å². The van der Waals surface area contributed by atoms with Crippen LogP contribution in [0.4, 0.5) is 0 Å². The van der Waals surface area contributed by atoms with Crippen LogP contribution in [0.25, 0.3) is 6.08 Å². The quantitative estimate of drug-likeness (QED) is 0.193. The average Bonchev–Trinajstić information content (AvgIpc) is 2.76. The molecule has 0 aliphatic rings. The minimum atomic E-state index is -0.801. The molecule has 0 radical (unpaired) electrons. The third-order valence-corrected chi connectivity index (χ3v) is 4.56. The highest BCUT2D eigenvalue weighted by molar-refractivity contribution is 6.31. The van der Waals surface area contributed by atoms with Crippen molar-refractivity contribution in [1.29, 1.82) is 0 Å². The number of esters is 2. The summed E-state index contributed by atoms with van der Waals surface area (Å²) in [6.45, 7) is 4.02. The lowest BCUT2D eigenvalue weighted by molar-refractivity contribution is -0.143. The van der Waals surface area contributed by atoms with E-state index in [1.165, 1.54) is 27.4 Å². The molecule has 0 atom stereocenters. The molecule has 0 aliphatic carbocycles. The van der Waals surface area contributed by atoms with E-state index in [0.717, 1.165) is 11.1 Å². The molecule has 0 amide bonds. The van der Waals surface area contributed by atoms with E-state index in [4.69, 9.17) is 21.1 Å². The van der Waals surface area contributed by atoms with Crippen molar-refractivity contribution in [2.45, 2.75) is 13.0 Å². The molecule has 0 aliphatic heterocycles. The molecule has 0 bridgehead atoms. The van der Waals surface area contributed by atoms with E-state index in [0.29, 0.717) is 28.5 Å². The van der Waals surface area contributed by atoms with Gasteiger partial charge in [-0.15, -0.1) is 6.58 Å². The van der Waals surface area contributed by atoms with Crippen LogP contribution in [0, 0.1) is 0 Å². The Balaban J connectivity index is 2.48. The molecule has 2 rings (SSSR count). The SMILES string of the molecule is C=CCc1cc(C=C(C(=O)OC)C(=O)OC)cc(OC)c1OCc1ccccc1Cl. The van der Waals surface area contributed by atoms with Crippen LogP contribution in [0.15, 0.2) is 54.6 Å².